The number of aliphatic hydroxyl groups is 1. The fourth-order valence-electron chi connectivity index (χ4n) is 2.36. The molecule has 0 aromatic rings. The average Bonchev–Trinajstić information content (AvgIpc) is 2.13. The molecule has 0 aromatic carbocycles. The van der Waals surface area contributed by atoms with E-state index in [9.17, 15) is 0 Å². The molecule has 0 bridgehead atoms. The largest absolute Gasteiger partial charge is 0.396 e. The molecule has 3 nitrogen and oxygen atoms in total. The molecule has 84 valence electrons. The Bertz CT molecular complexity index is 171. The van der Waals surface area contributed by atoms with Crippen LogP contribution in [0, 0.1) is 0 Å². The number of rotatable bonds is 4. The minimum Gasteiger partial charge on any atom is -0.396 e. The smallest absolute Gasteiger partial charge is 0.0443 e. The fourth-order valence-corrected chi connectivity index (χ4v) is 2.36. The lowest BCUT2D eigenvalue weighted by atomic mass is 9.99. The lowest BCUT2D eigenvalue weighted by Gasteiger charge is -2.46. The van der Waals surface area contributed by atoms with Gasteiger partial charge in [0.1, 0.15) is 0 Å². The van der Waals surface area contributed by atoms with E-state index in [1.54, 1.807) is 0 Å². The summed E-state index contributed by atoms with van der Waals surface area (Å²) in [5, 5.41) is 8.79. The van der Waals surface area contributed by atoms with Crippen LogP contribution in [0.2, 0.25) is 0 Å². The van der Waals surface area contributed by atoms with E-state index in [1.807, 2.05) is 0 Å². The molecule has 0 aromatic heterocycles. The Labute approximate surface area is 87.7 Å². The van der Waals surface area contributed by atoms with E-state index in [4.69, 9.17) is 5.11 Å². The van der Waals surface area contributed by atoms with Crippen LogP contribution >= 0.6 is 0 Å². The molecule has 0 unspecified atom stereocenters. The topological polar surface area (TPSA) is 26.7 Å². The van der Waals surface area contributed by atoms with E-state index < -0.39 is 0 Å². The van der Waals surface area contributed by atoms with Crippen molar-refractivity contribution >= 4 is 0 Å². The molecule has 0 aliphatic carbocycles. The minimum atomic E-state index is 0.294. The molecule has 1 N–H and O–H groups in total. The van der Waals surface area contributed by atoms with E-state index in [2.05, 4.69) is 30.6 Å². The second-order valence-corrected chi connectivity index (χ2v) is 4.75. The number of hydrogen-bond donors (Lipinski definition) is 1. The second-order valence-electron chi connectivity index (χ2n) is 4.75. The molecule has 0 spiro atoms. The highest BCUT2D eigenvalue weighted by Gasteiger charge is 2.31. The van der Waals surface area contributed by atoms with Crippen LogP contribution < -0.4 is 0 Å². The molecule has 1 fully saturated rings. The zero-order valence-corrected chi connectivity index (χ0v) is 9.79. The molecule has 1 aliphatic heterocycles. The summed E-state index contributed by atoms with van der Waals surface area (Å²) in [5.74, 6) is 0. The number of hydrogen-bond acceptors (Lipinski definition) is 3. The van der Waals surface area contributed by atoms with Gasteiger partial charge in [0.05, 0.1) is 0 Å². The van der Waals surface area contributed by atoms with Crippen LogP contribution in [0.1, 0.15) is 27.2 Å². The van der Waals surface area contributed by atoms with Gasteiger partial charge in [-0.05, 0) is 26.8 Å². The third-order valence-electron chi connectivity index (χ3n) is 3.17. The third kappa shape index (κ3) is 2.94. The molecule has 3 heteroatoms. The van der Waals surface area contributed by atoms with Gasteiger partial charge in [-0.3, -0.25) is 4.90 Å². The zero-order valence-electron chi connectivity index (χ0n) is 9.79. The van der Waals surface area contributed by atoms with E-state index in [0.717, 1.165) is 39.1 Å². The number of aliphatic hydroxyl groups excluding tert-OH is 1. The first-order chi connectivity index (χ1) is 6.60. The maximum absolute atomic E-state index is 8.79. The standard InChI is InChI=1S/C11H24N2O/c1-4-13-8-7-12(6-5-9-14)10-11(13,2)3/h14H,4-10H2,1-3H3. The van der Waals surface area contributed by atoms with Crippen molar-refractivity contribution < 1.29 is 5.11 Å². The quantitative estimate of drug-likeness (QED) is 0.726. The van der Waals surface area contributed by atoms with Gasteiger partial charge in [0, 0.05) is 38.3 Å². The first-order valence-corrected chi connectivity index (χ1v) is 5.68. The van der Waals surface area contributed by atoms with Gasteiger partial charge >= 0.3 is 0 Å². The predicted octanol–water partition coefficient (Wildman–Crippen LogP) is 0.785. The van der Waals surface area contributed by atoms with Crippen LogP contribution in [0.3, 0.4) is 0 Å². The van der Waals surface area contributed by atoms with E-state index in [0.29, 0.717) is 12.1 Å². The van der Waals surface area contributed by atoms with Gasteiger partial charge in [-0.1, -0.05) is 6.92 Å². The monoisotopic (exact) mass is 200 g/mol. The van der Waals surface area contributed by atoms with E-state index in [1.165, 1.54) is 0 Å². The van der Waals surface area contributed by atoms with Crippen molar-refractivity contribution in [2.75, 3.05) is 39.3 Å². The second kappa shape index (κ2) is 5.10. The van der Waals surface area contributed by atoms with Gasteiger partial charge in [0.25, 0.3) is 0 Å². The Hall–Kier alpha value is -0.120. The first-order valence-electron chi connectivity index (χ1n) is 5.68. The molecular formula is C11H24N2O. The van der Waals surface area contributed by atoms with Crippen LogP contribution in [-0.4, -0.2) is 59.8 Å². The first kappa shape index (κ1) is 12.0. The SMILES string of the molecule is CCN1CCN(CCCO)CC1(C)C. The minimum absolute atomic E-state index is 0.294. The van der Waals surface area contributed by atoms with E-state index >= 15 is 0 Å². The highest BCUT2D eigenvalue weighted by Crippen LogP contribution is 2.20. The van der Waals surface area contributed by atoms with Crippen LogP contribution in [0.15, 0.2) is 0 Å². The van der Waals surface area contributed by atoms with Crippen molar-refractivity contribution in [3.63, 3.8) is 0 Å². The molecule has 1 rings (SSSR count). The molecule has 0 saturated carbocycles. The van der Waals surface area contributed by atoms with Crippen LogP contribution in [0.5, 0.6) is 0 Å². The lowest BCUT2D eigenvalue weighted by molar-refractivity contribution is 0.0216. The highest BCUT2D eigenvalue weighted by atomic mass is 16.3. The molecule has 1 heterocycles. The Morgan fingerprint density at radius 1 is 1.29 bits per heavy atom. The van der Waals surface area contributed by atoms with Crippen molar-refractivity contribution in [1.29, 1.82) is 0 Å². The maximum atomic E-state index is 8.79. The van der Waals surface area contributed by atoms with E-state index in [-0.39, 0.29) is 0 Å². The molecule has 1 saturated heterocycles. The van der Waals surface area contributed by atoms with Gasteiger partial charge in [-0.2, -0.15) is 0 Å². The van der Waals surface area contributed by atoms with Crippen molar-refractivity contribution in [2.24, 2.45) is 0 Å². The average molecular weight is 200 g/mol. The van der Waals surface area contributed by atoms with Gasteiger partial charge < -0.3 is 10.0 Å². The van der Waals surface area contributed by atoms with Crippen LogP contribution in [0.4, 0.5) is 0 Å². The summed E-state index contributed by atoms with van der Waals surface area (Å²) in [5.41, 5.74) is 0.294. The molecule has 0 amide bonds. The normalized spacial score (nSPS) is 24.0. The molecule has 14 heavy (non-hydrogen) atoms. The summed E-state index contributed by atoms with van der Waals surface area (Å²) in [4.78, 5) is 4.99. The molecule has 0 atom stereocenters. The molecule has 0 radical (unpaired) electrons. The molecular weight excluding hydrogens is 176 g/mol. The number of nitrogens with zero attached hydrogens (tertiary/aromatic N) is 2. The highest BCUT2D eigenvalue weighted by molar-refractivity contribution is 4.89. The lowest BCUT2D eigenvalue weighted by Crippen LogP contribution is -2.59. The Kier molecular flexibility index (Phi) is 4.35. The zero-order chi connectivity index (χ0) is 10.6. The number of piperazine rings is 1. The Morgan fingerprint density at radius 2 is 2.00 bits per heavy atom. The fraction of sp³-hybridized carbons (Fsp3) is 1.00. The molecule has 1 aliphatic rings. The van der Waals surface area contributed by atoms with Gasteiger partial charge in [0.15, 0.2) is 0 Å². The Morgan fingerprint density at radius 3 is 2.50 bits per heavy atom. The summed E-state index contributed by atoms with van der Waals surface area (Å²) >= 11 is 0. The van der Waals surface area contributed by atoms with Crippen molar-refractivity contribution in [3.05, 3.63) is 0 Å². The summed E-state index contributed by atoms with van der Waals surface area (Å²) in [6.07, 6.45) is 0.905. The van der Waals surface area contributed by atoms with Crippen molar-refractivity contribution in [2.45, 2.75) is 32.7 Å². The van der Waals surface area contributed by atoms with Gasteiger partial charge in [0.2, 0.25) is 0 Å². The van der Waals surface area contributed by atoms with Crippen LogP contribution in [0.25, 0.3) is 0 Å². The maximum Gasteiger partial charge on any atom is 0.0443 e. The Balaban J connectivity index is 2.41. The van der Waals surface area contributed by atoms with Crippen LogP contribution in [-0.2, 0) is 0 Å². The summed E-state index contributed by atoms with van der Waals surface area (Å²) in [6.45, 7) is 12.8. The van der Waals surface area contributed by atoms with Crippen molar-refractivity contribution in [1.82, 2.24) is 9.80 Å². The van der Waals surface area contributed by atoms with Gasteiger partial charge in [-0.15, -0.1) is 0 Å². The summed E-state index contributed by atoms with van der Waals surface area (Å²) < 4.78 is 0. The summed E-state index contributed by atoms with van der Waals surface area (Å²) in [7, 11) is 0. The van der Waals surface area contributed by atoms with Gasteiger partial charge in [-0.25, -0.2) is 0 Å². The third-order valence-corrected chi connectivity index (χ3v) is 3.17. The van der Waals surface area contributed by atoms with Crippen molar-refractivity contribution in [3.8, 4) is 0 Å². The summed E-state index contributed by atoms with van der Waals surface area (Å²) in [6, 6.07) is 0. The predicted molar refractivity (Wildman–Crippen MR) is 59.5 cm³/mol. The number of likely N-dealkylation sites (N-methyl/N-ethyl adjacent to an activating group) is 1.